The van der Waals surface area contributed by atoms with E-state index < -0.39 is 0 Å². The molecule has 18 heavy (non-hydrogen) atoms. The van der Waals surface area contributed by atoms with Gasteiger partial charge >= 0.3 is 0 Å². The second-order valence-corrected chi connectivity index (χ2v) is 5.09. The molecule has 1 unspecified atom stereocenters. The van der Waals surface area contributed by atoms with Crippen LogP contribution >= 0.6 is 11.6 Å². The van der Waals surface area contributed by atoms with Gasteiger partial charge in [0, 0.05) is 6.54 Å². The predicted molar refractivity (Wildman–Crippen MR) is 76.1 cm³/mol. The lowest BCUT2D eigenvalue weighted by atomic mass is 10.1. The number of aliphatic hydroxyl groups excluding tert-OH is 1. The van der Waals surface area contributed by atoms with Gasteiger partial charge < -0.3 is 5.11 Å². The first-order chi connectivity index (χ1) is 8.63. The fourth-order valence-corrected chi connectivity index (χ4v) is 2.60. The van der Waals surface area contributed by atoms with E-state index in [-0.39, 0.29) is 6.10 Å². The Labute approximate surface area is 115 Å². The highest BCUT2D eigenvalue weighted by Gasteiger charge is 2.14. The number of aryl methyl sites for hydroxylation is 2. The second kappa shape index (κ2) is 7.80. The molecule has 0 fully saturated rings. The zero-order valence-corrected chi connectivity index (χ0v) is 12.5. The fraction of sp³-hybridized carbons (Fsp3) is 0.786. The van der Waals surface area contributed by atoms with Gasteiger partial charge in [0.05, 0.1) is 22.5 Å². The van der Waals surface area contributed by atoms with Crippen molar-refractivity contribution in [1.82, 2.24) is 9.78 Å². The molecular weight excluding hydrogens is 248 g/mol. The average Bonchev–Trinajstić information content (AvgIpc) is 2.66. The monoisotopic (exact) mass is 272 g/mol. The Balaban J connectivity index is 2.58. The molecule has 0 saturated heterocycles. The Morgan fingerprint density at radius 1 is 1.28 bits per heavy atom. The molecular formula is C14H25ClN2O. The van der Waals surface area contributed by atoms with Crippen LogP contribution in [-0.4, -0.2) is 21.0 Å². The lowest BCUT2D eigenvalue weighted by Crippen LogP contribution is -2.08. The zero-order valence-electron chi connectivity index (χ0n) is 11.7. The topological polar surface area (TPSA) is 38.1 Å². The second-order valence-electron chi connectivity index (χ2n) is 4.71. The molecule has 0 aliphatic heterocycles. The van der Waals surface area contributed by atoms with Crippen LogP contribution in [0.1, 0.15) is 57.8 Å². The lowest BCUT2D eigenvalue weighted by molar-refractivity contribution is 0.151. The zero-order chi connectivity index (χ0) is 13.5. The van der Waals surface area contributed by atoms with Gasteiger partial charge in [-0.2, -0.15) is 5.10 Å². The maximum absolute atomic E-state index is 9.72. The molecule has 1 heterocycles. The van der Waals surface area contributed by atoms with E-state index in [9.17, 15) is 5.11 Å². The smallest absolute Gasteiger partial charge is 0.0849 e. The van der Waals surface area contributed by atoms with Crippen LogP contribution in [0.2, 0.25) is 5.02 Å². The standard InChI is InChI=1S/C14H25ClN2O/c1-4-8-11(18)9-7-10-13-14(15)12(5-2)16-17(13)6-3/h11,18H,4-10H2,1-3H3. The lowest BCUT2D eigenvalue weighted by Gasteiger charge is -2.09. The first kappa shape index (κ1) is 15.5. The number of aromatic nitrogens is 2. The van der Waals surface area contributed by atoms with Gasteiger partial charge in [-0.3, -0.25) is 4.68 Å². The van der Waals surface area contributed by atoms with E-state index >= 15 is 0 Å². The van der Waals surface area contributed by atoms with Crippen molar-refractivity contribution in [3.05, 3.63) is 16.4 Å². The van der Waals surface area contributed by atoms with Gasteiger partial charge in [-0.1, -0.05) is 31.9 Å². The van der Waals surface area contributed by atoms with Gasteiger partial charge in [0.25, 0.3) is 0 Å². The van der Waals surface area contributed by atoms with Crippen molar-refractivity contribution in [3.63, 3.8) is 0 Å². The molecule has 0 amide bonds. The summed E-state index contributed by atoms with van der Waals surface area (Å²) in [5.41, 5.74) is 2.11. The Morgan fingerprint density at radius 2 is 2.00 bits per heavy atom. The minimum Gasteiger partial charge on any atom is -0.393 e. The summed E-state index contributed by atoms with van der Waals surface area (Å²) in [6, 6.07) is 0. The fourth-order valence-electron chi connectivity index (χ4n) is 2.24. The first-order valence-corrected chi connectivity index (χ1v) is 7.43. The third-order valence-electron chi connectivity index (χ3n) is 3.27. The van der Waals surface area contributed by atoms with Crippen LogP contribution in [0, 0.1) is 0 Å². The molecule has 0 radical (unpaired) electrons. The normalized spacial score (nSPS) is 12.9. The molecule has 1 atom stereocenters. The van der Waals surface area contributed by atoms with Crippen molar-refractivity contribution in [3.8, 4) is 0 Å². The maximum atomic E-state index is 9.72. The van der Waals surface area contributed by atoms with Gasteiger partial charge in [0.1, 0.15) is 0 Å². The molecule has 0 spiro atoms. The Morgan fingerprint density at radius 3 is 2.56 bits per heavy atom. The third-order valence-corrected chi connectivity index (χ3v) is 3.70. The van der Waals surface area contributed by atoms with Gasteiger partial charge in [0.2, 0.25) is 0 Å². The summed E-state index contributed by atoms with van der Waals surface area (Å²) in [5, 5.41) is 15.0. The molecule has 1 aromatic rings. The van der Waals surface area contributed by atoms with Gasteiger partial charge in [-0.15, -0.1) is 0 Å². The van der Waals surface area contributed by atoms with Gasteiger partial charge in [0.15, 0.2) is 0 Å². The molecule has 4 heteroatoms. The summed E-state index contributed by atoms with van der Waals surface area (Å²) < 4.78 is 1.99. The molecule has 3 nitrogen and oxygen atoms in total. The minimum absolute atomic E-state index is 0.169. The summed E-state index contributed by atoms with van der Waals surface area (Å²) in [6.07, 6.45) is 5.35. The van der Waals surface area contributed by atoms with Crippen LogP contribution in [0.15, 0.2) is 0 Å². The molecule has 0 aliphatic rings. The van der Waals surface area contributed by atoms with Crippen molar-refractivity contribution >= 4 is 11.6 Å². The summed E-state index contributed by atoms with van der Waals surface area (Å²) in [7, 11) is 0. The van der Waals surface area contributed by atoms with Crippen LogP contribution in [0.4, 0.5) is 0 Å². The Bertz CT molecular complexity index is 363. The predicted octanol–water partition coefficient (Wildman–Crippen LogP) is 3.60. The highest BCUT2D eigenvalue weighted by molar-refractivity contribution is 6.31. The van der Waals surface area contributed by atoms with Crippen molar-refractivity contribution in [2.45, 2.75) is 71.9 Å². The van der Waals surface area contributed by atoms with Crippen LogP contribution in [-0.2, 0) is 19.4 Å². The van der Waals surface area contributed by atoms with Gasteiger partial charge in [-0.25, -0.2) is 0 Å². The van der Waals surface area contributed by atoms with Crippen molar-refractivity contribution in [2.24, 2.45) is 0 Å². The maximum Gasteiger partial charge on any atom is 0.0849 e. The highest BCUT2D eigenvalue weighted by atomic mass is 35.5. The Hall–Kier alpha value is -0.540. The highest BCUT2D eigenvalue weighted by Crippen LogP contribution is 2.23. The quantitative estimate of drug-likeness (QED) is 0.785. The molecule has 104 valence electrons. The van der Waals surface area contributed by atoms with E-state index in [4.69, 9.17) is 11.6 Å². The first-order valence-electron chi connectivity index (χ1n) is 7.06. The SMILES string of the molecule is CCCC(O)CCCc1c(Cl)c(CC)nn1CC. The van der Waals surface area contributed by atoms with E-state index in [0.29, 0.717) is 0 Å². The summed E-state index contributed by atoms with van der Waals surface area (Å²) in [6.45, 7) is 7.10. The van der Waals surface area contributed by atoms with E-state index in [1.54, 1.807) is 0 Å². The van der Waals surface area contributed by atoms with Gasteiger partial charge in [-0.05, 0) is 39.0 Å². The summed E-state index contributed by atoms with van der Waals surface area (Å²) in [5.74, 6) is 0. The number of hydrogen-bond acceptors (Lipinski definition) is 2. The molecule has 0 aliphatic carbocycles. The van der Waals surface area contributed by atoms with E-state index in [2.05, 4.69) is 25.9 Å². The number of rotatable bonds is 8. The largest absolute Gasteiger partial charge is 0.393 e. The van der Waals surface area contributed by atoms with Crippen LogP contribution < -0.4 is 0 Å². The van der Waals surface area contributed by atoms with Crippen molar-refractivity contribution in [1.29, 1.82) is 0 Å². The van der Waals surface area contributed by atoms with Crippen LogP contribution in [0.5, 0.6) is 0 Å². The van der Waals surface area contributed by atoms with Crippen molar-refractivity contribution in [2.75, 3.05) is 0 Å². The number of hydrogen-bond donors (Lipinski definition) is 1. The number of halogens is 1. The Kier molecular flexibility index (Phi) is 6.72. The van der Waals surface area contributed by atoms with Crippen molar-refractivity contribution < 1.29 is 5.11 Å². The molecule has 1 aromatic heterocycles. The molecule has 1 N–H and O–H groups in total. The van der Waals surface area contributed by atoms with E-state index in [1.165, 1.54) is 0 Å². The van der Waals surface area contributed by atoms with Crippen LogP contribution in [0.25, 0.3) is 0 Å². The van der Waals surface area contributed by atoms with E-state index in [0.717, 1.165) is 61.5 Å². The van der Waals surface area contributed by atoms with Crippen LogP contribution in [0.3, 0.4) is 0 Å². The number of aliphatic hydroxyl groups is 1. The van der Waals surface area contributed by atoms with E-state index in [1.807, 2.05) is 4.68 Å². The summed E-state index contributed by atoms with van der Waals surface area (Å²) >= 11 is 6.34. The third kappa shape index (κ3) is 3.99. The molecule has 0 bridgehead atoms. The minimum atomic E-state index is -0.169. The molecule has 0 saturated carbocycles. The number of nitrogens with zero attached hydrogens (tertiary/aromatic N) is 2. The molecule has 1 rings (SSSR count). The molecule has 0 aromatic carbocycles. The average molecular weight is 273 g/mol. The summed E-state index contributed by atoms with van der Waals surface area (Å²) in [4.78, 5) is 0.